The molecule has 0 aliphatic heterocycles. The van der Waals surface area contributed by atoms with Crippen molar-refractivity contribution >= 4 is 15.9 Å². The van der Waals surface area contributed by atoms with Crippen molar-refractivity contribution in [3.8, 4) is 5.75 Å². The number of aromatic hydroxyl groups is 1. The Hall–Kier alpha value is -1.36. The quantitative estimate of drug-likeness (QED) is 0.811. The average molecular weight is 322 g/mol. The number of phenolic OH excluding ortho intramolecular Hbond substituents is 1. The molecule has 0 amide bonds. The standard InChI is InChI=1S/C15H16BrNO2/c16-12-8-4-7-11(15(12)19)14(17)13(18)9-10-5-2-1-3-6-10/h1-8,13-14,18-19H,9,17H2/t13-,14+/m1/s1. The number of para-hydroxylation sites is 1. The molecule has 3 nitrogen and oxygen atoms in total. The van der Waals surface area contributed by atoms with Crippen LogP contribution in [0.2, 0.25) is 0 Å². The van der Waals surface area contributed by atoms with Gasteiger partial charge in [0.15, 0.2) is 0 Å². The Kier molecular flexibility index (Phi) is 4.58. The predicted octanol–water partition coefficient (Wildman–Crippen LogP) is 2.76. The lowest BCUT2D eigenvalue weighted by atomic mass is 9.96. The van der Waals surface area contributed by atoms with Crippen LogP contribution in [0.5, 0.6) is 5.75 Å². The molecule has 0 radical (unpaired) electrons. The molecule has 0 unspecified atom stereocenters. The van der Waals surface area contributed by atoms with Crippen molar-refractivity contribution in [1.29, 1.82) is 0 Å². The summed E-state index contributed by atoms with van der Waals surface area (Å²) < 4.78 is 0.576. The summed E-state index contributed by atoms with van der Waals surface area (Å²) in [4.78, 5) is 0. The second-order valence-corrected chi connectivity index (χ2v) is 5.31. The minimum atomic E-state index is -0.748. The number of hydrogen-bond acceptors (Lipinski definition) is 3. The van der Waals surface area contributed by atoms with Gasteiger partial charge in [-0.15, -0.1) is 0 Å². The van der Waals surface area contributed by atoms with Crippen LogP contribution in [0.25, 0.3) is 0 Å². The zero-order valence-electron chi connectivity index (χ0n) is 10.3. The van der Waals surface area contributed by atoms with Gasteiger partial charge in [0, 0.05) is 12.0 Å². The van der Waals surface area contributed by atoms with Crippen molar-refractivity contribution in [3.63, 3.8) is 0 Å². The molecule has 0 spiro atoms. The van der Waals surface area contributed by atoms with Crippen molar-refractivity contribution in [1.82, 2.24) is 0 Å². The topological polar surface area (TPSA) is 66.5 Å². The van der Waals surface area contributed by atoms with Gasteiger partial charge < -0.3 is 15.9 Å². The minimum absolute atomic E-state index is 0.0853. The fraction of sp³-hybridized carbons (Fsp3) is 0.200. The Morgan fingerprint density at radius 1 is 1.05 bits per heavy atom. The van der Waals surface area contributed by atoms with Crippen LogP contribution in [0.3, 0.4) is 0 Å². The fourth-order valence-electron chi connectivity index (χ4n) is 1.99. The van der Waals surface area contributed by atoms with Gasteiger partial charge in [0.25, 0.3) is 0 Å². The van der Waals surface area contributed by atoms with E-state index in [2.05, 4.69) is 15.9 Å². The van der Waals surface area contributed by atoms with E-state index in [1.54, 1.807) is 18.2 Å². The molecular formula is C15H16BrNO2. The molecule has 0 saturated heterocycles. The number of phenols is 1. The van der Waals surface area contributed by atoms with Crippen molar-refractivity contribution < 1.29 is 10.2 Å². The predicted molar refractivity (Wildman–Crippen MR) is 78.9 cm³/mol. The number of rotatable bonds is 4. The molecule has 0 aliphatic carbocycles. The Morgan fingerprint density at radius 3 is 2.42 bits per heavy atom. The highest BCUT2D eigenvalue weighted by Gasteiger charge is 2.21. The molecule has 2 rings (SSSR count). The number of nitrogens with two attached hydrogens (primary N) is 1. The number of hydrogen-bond donors (Lipinski definition) is 3. The lowest BCUT2D eigenvalue weighted by Crippen LogP contribution is -2.28. The summed E-state index contributed by atoms with van der Waals surface area (Å²) in [5, 5.41) is 20.1. The van der Waals surface area contributed by atoms with Gasteiger partial charge in [-0.25, -0.2) is 0 Å². The van der Waals surface area contributed by atoms with E-state index in [-0.39, 0.29) is 5.75 Å². The summed E-state index contributed by atoms with van der Waals surface area (Å²) in [6, 6.07) is 14.3. The third kappa shape index (κ3) is 3.35. The molecular weight excluding hydrogens is 306 g/mol. The van der Waals surface area contributed by atoms with E-state index in [1.807, 2.05) is 30.3 Å². The molecule has 0 aliphatic rings. The Morgan fingerprint density at radius 2 is 1.74 bits per heavy atom. The average Bonchev–Trinajstić information content (AvgIpc) is 2.42. The zero-order chi connectivity index (χ0) is 13.8. The first kappa shape index (κ1) is 14.1. The number of aliphatic hydroxyl groups excluding tert-OH is 1. The van der Waals surface area contributed by atoms with Gasteiger partial charge in [0.05, 0.1) is 16.6 Å². The third-order valence-corrected chi connectivity index (χ3v) is 3.72. The van der Waals surface area contributed by atoms with Gasteiger partial charge in [-0.3, -0.25) is 0 Å². The van der Waals surface area contributed by atoms with Gasteiger partial charge in [0.2, 0.25) is 0 Å². The number of halogens is 1. The Labute approximate surface area is 120 Å². The van der Waals surface area contributed by atoms with Crippen LogP contribution in [-0.2, 0) is 6.42 Å². The van der Waals surface area contributed by atoms with Crippen LogP contribution < -0.4 is 5.73 Å². The summed E-state index contributed by atoms with van der Waals surface area (Å²) in [5.41, 5.74) is 7.58. The minimum Gasteiger partial charge on any atom is -0.506 e. The first-order valence-electron chi connectivity index (χ1n) is 6.04. The summed E-state index contributed by atoms with van der Waals surface area (Å²) in [7, 11) is 0. The van der Waals surface area contributed by atoms with E-state index in [4.69, 9.17) is 5.73 Å². The second-order valence-electron chi connectivity index (χ2n) is 4.46. The molecule has 0 aromatic heterocycles. The molecule has 100 valence electrons. The normalized spacial score (nSPS) is 14.1. The molecule has 0 heterocycles. The smallest absolute Gasteiger partial charge is 0.134 e. The van der Waals surface area contributed by atoms with E-state index < -0.39 is 12.1 Å². The maximum Gasteiger partial charge on any atom is 0.134 e. The highest BCUT2D eigenvalue weighted by molar-refractivity contribution is 9.10. The first-order valence-corrected chi connectivity index (χ1v) is 6.84. The largest absolute Gasteiger partial charge is 0.506 e. The number of aliphatic hydroxyl groups is 1. The van der Waals surface area contributed by atoms with Crippen LogP contribution in [0.15, 0.2) is 53.0 Å². The van der Waals surface area contributed by atoms with E-state index in [1.165, 1.54) is 0 Å². The maximum atomic E-state index is 10.2. The van der Waals surface area contributed by atoms with Gasteiger partial charge in [-0.2, -0.15) is 0 Å². The van der Waals surface area contributed by atoms with Crippen molar-refractivity contribution in [2.24, 2.45) is 5.73 Å². The van der Waals surface area contributed by atoms with Crippen LogP contribution in [0, 0.1) is 0 Å². The molecule has 4 heteroatoms. The van der Waals surface area contributed by atoms with E-state index in [0.29, 0.717) is 16.5 Å². The maximum absolute atomic E-state index is 10.2. The highest BCUT2D eigenvalue weighted by atomic mass is 79.9. The van der Waals surface area contributed by atoms with Crippen molar-refractivity contribution in [2.45, 2.75) is 18.6 Å². The first-order chi connectivity index (χ1) is 9.09. The lowest BCUT2D eigenvalue weighted by Gasteiger charge is -2.20. The van der Waals surface area contributed by atoms with E-state index >= 15 is 0 Å². The molecule has 2 aromatic rings. The monoisotopic (exact) mass is 321 g/mol. The molecule has 4 N–H and O–H groups in total. The lowest BCUT2D eigenvalue weighted by molar-refractivity contribution is 0.143. The van der Waals surface area contributed by atoms with Crippen molar-refractivity contribution in [2.75, 3.05) is 0 Å². The van der Waals surface area contributed by atoms with E-state index in [9.17, 15) is 10.2 Å². The van der Waals surface area contributed by atoms with Crippen LogP contribution in [0.4, 0.5) is 0 Å². The summed E-state index contributed by atoms with van der Waals surface area (Å²) in [5.74, 6) is 0.0853. The van der Waals surface area contributed by atoms with Gasteiger partial charge in [-0.05, 0) is 27.6 Å². The highest BCUT2D eigenvalue weighted by Crippen LogP contribution is 2.32. The second kappa shape index (κ2) is 6.19. The molecule has 19 heavy (non-hydrogen) atoms. The Bertz CT molecular complexity index is 545. The van der Waals surface area contributed by atoms with Crippen molar-refractivity contribution in [3.05, 3.63) is 64.1 Å². The molecule has 0 fully saturated rings. The SMILES string of the molecule is N[C@@H](c1cccc(Br)c1O)[C@H](O)Cc1ccccc1. The molecule has 2 atom stereocenters. The number of benzene rings is 2. The summed E-state index contributed by atoms with van der Waals surface area (Å²) in [6.45, 7) is 0. The third-order valence-electron chi connectivity index (χ3n) is 3.08. The van der Waals surface area contributed by atoms with Crippen LogP contribution in [0.1, 0.15) is 17.2 Å². The van der Waals surface area contributed by atoms with Crippen LogP contribution >= 0.6 is 15.9 Å². The summed E-state index contributed by atoms with van der Waals surface area (Å²) in [6.07, 6.45) is -0.295. The molecule has 0 bridgehead atoms. The molecule has 0 saturated carbocycles. The summed E-state index contributed by atoms with van der Waals surface area (Å²) >= 11 is 3.24. The van der Waals surface area contributed by atoms with E-state index in [0.717, 1.165) is 5.56 Å². The zero-order valence-corrected chi connectivity index (χ0v) is 11.9. The van der Waals surface area contributed by atoms with Gasteiger partial charge in [-0.1, -0.05) is 42.5 Å². The van der Waals surface area contributed by atoms with Gasteiger partial charge >= 0.3 is 0 Å². The van der Waals surface area contributed by atoms with Gasteiger partial charge in [0.1, 0.15) is 5.75 Å². The molecule has 2 aromatic carbocycles. The Balaban J connectivity index is 2.15. The van der Waals surface area contributed by atoms with Crippen LogP contribution in [-0.4, -0.2) is 16.3 Å². The fourth-order valence-corrected chi connectivity index (χ4v) is 2.37.